The van der Waals surface area contributed by atoms with Crippen molar-refractivity contribution in [3.05, 3.63) is 41.4 Å². The number of likely N-dealkylation sites (tertiary alicyclic amines) is 1. The molecule has 0 unspecified atom stereocenters. The average molecular weight is 419 g/mol. The minimum Gasteiger partial charge on any atom is -0.350 e. The van der Waals surface area contributed by atoms with Gasteiger partial charge in [-0.2, -0.15) is 5.10 Å². The molecular weight excluding hydrogens is 392 g/mol. The molecule has 0 saturated carbocycles. The number of nitrogens with two attached hydrogens (primary N) is 1. The molecule has 29 heavy (non-hydrogen) atoms. The minimum absolute atomic E-state index is 0.179. The van der Waals surface area contributed by atoms with Crippen molar-refractivity contribution in [3.63, 3.8) is 0 Å². The highest BCUT2D eigenvalue weighted by Gasteiger charge is 2.39. The van der Waals surface area contributed by atoms with E-state index in [1.807, 2.05) is 26.8 Å². The maximum atomic E-state index is 12.9. The predicted octanol–water partition coefficient (Wildman–Crippen LogP) is 1.90. The van der Waals surface area contributed by atoms with Crippen molar-refractivity contribution in [2.45, 2.75) is 52.2 Å². The fourth-order valence-corrected chi connectivity index (χ4v) is 3.60. The van der Waals surface area contributed by atoms with Crippen LogP contribution in [0.4, 0.5) is 0 Å². The third kappa shape index (κ3) is 4.76. The summed E-state index contributed by atoms with van der Waals surface area (Å²) in [6.45, 7) is 6.57. The molecule has 9 heteroatoms. The SMILES string of the molecule is CC(C)(C)[C@@H](N)C(=O)N1CCC[C@H]1C(=O)NCc1cc(Cl)ccc1-n1cncn1. The molecule has 0 radical (unpaired) electrons. The molecule has 2 atom stereocenters. The molecule has 2 heterocycles. The van der Waals surface area contributed by atoms with Crippen LogP contribution in [0.25, 0.3) is 5.69 Å². The summed E-state index contributed by atoms with van der Waals surface area (Å²) in [6.07, 6.45) is 4.43. The van der Waals surface area contributed by atoms with Gasteiger partial charge < -0.3 is 16.0 Å². The largest absolute Gasteiger partial charge is 0.350 e. The van der Waals surface area contributed by atoms with Gasteiger partial charge in [0.2, 0.25) is 11.8 Å². The van der Waals surface area contributed by atoms with Crippen LogP contribution in [0.2, 0.25) is 5.02 Å². The molecular formula is C20H27ClN6O2. The van der Waals surface area contributed by atoms with Crippen LogP contribution in [0.3, 0.4) is 0 Å². The minimum atomic E-state index is -0.650. The van der Waals surface area contributed by atoms with Gasteiger partial charge in [0.25, 0.3) is 0 Å². The quantitative estimate of drug-likeness (QED) is 0.771. The smallest absolute Gasteiger partial charge is 0.243 e. The van der Waals surface area contributed by atoms with Crippen LogP contribution in [0.1, 0.15) is 39.2 Å². The summed E-state index contributed by atoms with van der Waals surface area (Å²) in [6, 6.07) is 4.21. The van der Waals surface area contributed by atoms with E-state index in [2.05, 4.69) is 15.4 Å². The molecule has 1 aliphatic heterocycles. The van der Waals surface area contributed by atoms with Crippen molar-refractivity contribution >= 4 is 23.4 Å². The predicted molar refractivity (Wildman–Crippen MR) is 110 cm³/mol. The lowest BCUT2D eigenvalue weighted by atomic mass is 9.86. The Labute approximate surface area is 175 Å². The molecule has 1 saturated heterocycles. The van der Waals surface area contributed by atoms with Crippen molar-refractivity contribution in [2.24, 2.45) is 11.1 Å². The van der Waals surface area contributed by atoms with Gasteiger partial charge in [0.1, 0.15) is 18.7 Å². The van der Waals surface area contributed by atoms with Gasteiger partial charge in [-0.25, -0.2) is 9.67 Å². The first kappa shape index (κ1) is 21.3. The van der Waals surface area contributed by atoms with Crippen LogP contribution in [0, 0.1) is 5.41 Å². The number of nitrogens with zero attached hydrogens (tertiary/aromatic N) is 4. The lowest BCUT2D eigenvalue weighted by Gasteiger charge is -2.32. The van der Waals surface area contributed by atoms with Gasteiger partial charge in [0.15, 0.2) is 0 Å². The van der Waals surface area contributed by atoms with Gasteiger partial charge in [-0.05, 0) is 42.0 Å². The van der Waals surface area contributed by atoms with Crippen molar-refractivity contribution in [1.29, 1.82) is 0 Å². The third-order valence-corrected chi connectivity index (χ3v) is 5.43. The molecule has 8 nitrogen and oxygen atoms in total. The van der Waals surface area contributed by atoms with E-state index in [1.54, 1.807) is 28.0 Å². The number of hydrogen-bond donors (Lipinski definition) is 2. The molecule has 1 aromatic heterocycles. The first-order valence-electron chi connectivity index (χ1n) is 9.65. The normalized spacial score (nSPS) is 18.0. The Hall–Kier alpha value is -2.45. The molecule has 2 aromatic rings. The van der Waals surface area contributed by atoms with Gasteiger partial charge in [-0.15, -0.1) is 0 Å². The summed E-state index contributed by atoms with van der Waals surface area (Å²) in [4.78, 5) is 31.3. The highest BCUT2D eigenvalue weighted by atomic mass is 35.5. The van der Waals surface area contributed by atoms with Gasteiger partial charge in [-0.3, -0.25) is 9.59 Å². The Morgan fingerprint density at radius 3 is 2.79 bits per heavy atom. The first-order chi connectivity index (χ1) is 13.7. The fourth-order valence-electron chi connectivity index (χ4n) is 3.40. The van der Waals surface area contributed by atoms with Gasteiger partial charge in [-0.1, -0.05) is 32.4 Å². The van der Waals surface area contributed by atoms with Gasteiger partial charge in [0, 0.05) is 18.1 Å². The molecule has 0 bridgehead atoms. The second-order valence-corrected chi connectivity index (χ2v) is 8.80. The van der Waals surface area contributed by atoms with Crippen LogP contribution in [0.15, 0.2) is 30.9 Å². The number of halogens is 1. The zero-order valence-corrected chi connectivity index (χ0v) is 17.7. The lowest BCUT2D eigenvalue weighted by molar-refractivity contribution is -0.141. The topological polar surface area (TPSA) is 106 Å². The third-order valence-electron chi connectivity index (χ3n) is 5.20. The first-order valence-corrected chi connectivity index (χ1v) is 10.0. The highest BCUT2D eigenvalue weighted by Crippen LogP contribution is 2.25. The van der Waals surface area contributed by atoms with E-state index in [0.717, 1.165) is 17.7 Å². The molecule has 2 amide bonds. The molecule has 1 aromatic carbocycles. The van der Waals surface area contributed by atoms with E-state index in [4.69, 9.17) is 17.3 Å². The second-order valence-electron chi connectivity index (χ2n) is 8.36. The fraction of sp³-hybridized carbons (Fsp3) is 0.500. The number of benzene rings is 1. The number of rotatable bonds is 5. The standard InChI is InChI=1S/C20H27ClN6O2/c1-20(2,3)17(22)19(29)26-8-4-5-16(26)18(28)24-10-13-9-14(21)6-7-15(13)27-12-23-11-25-27/h6-7,9,11-12,16-17H,4-5,8,10,22H2,1-3H3,(H,24,28)/t16-,17-/m0/s1. The summed E-state index contributed by atoms with van der Waals surface area (Å²) < 4.78 is 1.62. The van der Waals surface area contributed by atoms with Crippen molar-refractivity contribution in [2.75, 3.05) is 6.54 Å². The van der Waals surface area contributed by atoms with Gasteiger partial charge in [0.05, 0.1) is 11.7 Å². The summed E-state index contributed by atoms with van der Waals surface area (Å²) >= 11 is 6.14. The Bertz CT molecular complexity index is 878. The molecule has 1 aliphatic rings. The molecule has 3 N–H and O–H groups in total. The summed E-state index contributed by atoms with van der Waals surface area (Å²) in [5.74, 6) is -0.373. The van der Waals surface area contributed by atoms with E-state index in [-0.39, 0.29) is 23.8 Å². The van der Waals surface area contributed by atoms with E-state index in [9.17, 15) is 9.59 Å². The Morgan fingerprint density at radius 2 is 2.14 bits per heavy atom. The summed E-state index contributed by atoms with van der Waals surface area (Å²) in [7, 11) is 0. The van der Waals surface area contributed by atoms with Crippen molar-refractivity contribution < 1.29 is 9.59 Å². The summed E-state index contributed by atoms with van der Waals surface area (Å²) in [5.41, 5.74) is 7.36. The van der Waals surface area contributed by atoms with Crippen LogP contribution in [-0.4, -0.2) is 50.1 Å². The zero-order valence-electron chi connectivity index (χ0n) is 16.9. The monoisotopic (exact) mass is 418 g/mol. The maximum Gasteiger partial charge on any atom is 0.243 e. The van der Waals surface area contributed by atoms with E-state index < -0.39 is 12.1 Å². The number of hydrogen-bond acceptors (Lipinski definition) is 5. The van der Waals surface area contributed by atoms with E-state index in [1.165, 1.54) is 6.33 Å². The van der Waals surface area contributed by atoms with E-state index >= 15 is 0 Å². The number of carbonyl (C=O) groups is 2. The van der Waals surface area contributed by atoms with E-state index in [0.29, 0.717) is 18.0 Å². The molecule has 0 spiro atoms. The summed E-state index contributed by atoms with van der Waals surface area (Å²) in [5, 5.41) is 7.64. The number of aromatic nitrogens is 3. The molecule has 0 aliphatic carbocycles. The number of carbonyl (C=O) groups excluding carboxylic acids is 2. The Kier molecular flexibility index (Phi) is 6.24. The average Bonchev–Trinajstić information content (AvgIpc) is 3.36. The van der Waals surface area contributed by atoms with Crippen LogP contribution >= 0.6 is 11.6 Å². The van der Waals surface area contributed by atoms with Crippen LogP contribution < -0.4 is 11.1 Å². The van der Waals surface area contributed by atoms with Crippen LogP contribution in [-0.2, 0) is 16.1 Å². The van der Waals surface area contributed by atoms with Crippen molar-refractivity contribution in [3.8, 4) is 5.69 Å². The highest BCUT2D eigenvalue weighted by molar-refractivity contribution is 6.30. The zero-order chi connectivity index (χ0) is 21.2. The maximum absolute atomic E-state index is 12.9. The van der Waals surface area contributed by atoms with Gasteiger partial charge >= 0.3 is 0 Å². The molecule has 156 valence electrons. The van der Waals surface area contributed by atoms with Crippen LogP contribution in [0.5, 0.6) is 0 Å². The number of nitrogens with one attached hydrogen (secondary N) is 1. The second kappa shape index (κ2) is 8.51. The molecule has 3 rings (SSSR count). The number of amides is 2. The lowest BCUT2D eigenvalue weighted by Crippen LogP contribution is -2.54. The molecule has 1 fully saturated rings. The van der Waals surface area contributed by atoms with Crippen molar-refractivity contribution in [1.82, 2.24) is 25.0 Å². The Morgan fingerprint density at radius 1 is 1.38 bits per heavy atom. The Balaban J connectivity index is 1.71.